The maximum atomic E-state index is 12.9. The molecule has 12 nitrogen and oxygen atoms in total. The SMILES string of the molecule is CCOC(=O)C1=C(COCCN)NC(C)=C(C(=O)OC)C1c1ccccc1Cl.O=C([O-])C[C@H](O)C(=O)[O-]. The Kier molecular flexibility index (Phi) is 13.3. The maximum Gasteiger partial charge on any atom is 0.336 e. The van der Waals surface area contributed by atoms with Gasteiger partial charge in [-0.15, -0.1) is 0 Å². The number of hydrogen-bond donors (Lipinski definition) is 3. The van der Waals surface area contributed by atoms with E-state index in [2.05, 4.69) is 5.32 Å². The second kappa shape index (κ2) is 15.6. The van der Waals surface area contributed by atoms with Crippen molar-refractivity contribution < 1.29 is 48.7 Å². The number of dihydropyridines is 1. The summed E-state index contributed by atoms with van der Waals surface area (Å²) in [5.74, 6) is -5.29. The highest BCUT2D eigenvalue weighted by Crippen LogP contribution is 2.41. The second-order valence-electron chi connectivity index (χ2n) is 7.47. The van der Waals surface area contributed by atoms with E-state index in [9.17, 15) is 29.4 Å². The van der Waals surface area contributed by atoms with E-state index in [1.165, 1.54) is 7.11 Å². The topological polar surface area (TPSA) is 200 Å². The zero-order valence-electron chi connectivity index (χ0n) is 20.6. The minimum absolute atomic E-state index is 0.109. The van der Waals surface area contributed by atoms with E-state index in [4.69, 9.17) is 36.7 Å². The normalized spacial score (nSPS) is 15.7. The van der Waals surface area contributed by atoms with E-state index in [1.54, 1.807) is 38.1 Å². The Balaban J connectivity index is 0.000000649. The van der Waals surface area contributed by atoms with Crippen LogP contribution in [0.15, 0.2) is 46.8 Å². The molecule has 0 aromatic heterocycles. The van der Waals surface area contributed by atoms with Crippen molar-refractivity contribution in [2.24, 2.45) is 5.73 Å². The van der Waals surface area contributed by atoms with Crippen molar-refractivity contribution in [3.8, 4) is 0 Å². The van der Waals surface area contributed by atoms with Gasteiger partial charge in [-0.2, -0.15) is 0 Å². The fourth-order valence-electron chi connectivity index (χ4n) is 3.36. The number of halogens is 1. The number of nitrogens with two attached hydrogens (primary N) is 1. The number of rotatable bonds is 11. The van der Waals surface area contributed by atoms with Crippen molar-refractivity contribution in [3.63, 3.8) is 0 Å². The second-order valence-corrected chi connectivity index (χ2v) is 7.88. The minimum atomic E-state index is -1.96. The summed E-state index contributed by atoms with van der Waals surface area (Å²) in [6.07, 6.45) is -2.89. The fraction of sp³-hybridized carbons (Fsp3) is 0.417. The third-order valence-electron chi connectivity index (χ3n) is 4.90. The fourth-order valence-corrected chi connectivity index (χ4v) is 3.60. The molecule has 1 aromatic carbocycles. The van der Waals surface area contributed by atoms with E-state index in [1.807, 2.05) is 0 Å². The van der Waals surface area contributed by atoms with Gasteiger partial charge in [-0.05, 0) is 25.5 Å². The van der Waals surface area contributed by atoms with Gasteiger partial charge in [0.15, 0.2) is 0 Å². The monoisotopic (exact) mass is 540 g/mol. The zero-order chi connectivity index (χ0) is 28.1. The van der Waals surface area contributed by atoms with Crippen LogP contribution in [-0.4, -0.2) is 68.6 Å². The Labute approximate surface area is 218 Å². The molecule has 0 aliphatic carbocycles. The highest BCUT2D eigenvalue weighted by atomic mass is 35.5. The Morgan fingerprint density at radius 1 is 1.16 bits per heavy atom. The van der Waals surface area contributed by atoms with Crippen LogP contribution >= 0.6 is 11.6 Å². The molecule has 0 fully saturated rings. The Hall–Kier alpha value is -3.45. The number of ether oxygens (including phenoxy) is 3. The van der Waals surface area contributed by atoms with Gasteiger partial charge >= 0.3 is 11.9 Å². The molecule has 0 amide bonds. The number of carbonyl (C=O) groups excluding carboxylic acids is 4. The number of carboxylic acids is 2. The summed E-state index contributed by atoms with van der Waals surface area (Å²) in [5, 5.41) is 30.9. The molecule has 37 heavy (non-hydrogen) atoms. The molecular formula is C24H29ClN2O10-2. The molecule has 1 unspecified atom stereocenters. The summed E-state index contributed by atoms with van der Waals surface area (Å²) >= 11 is 6.42. The van der Waals surface area contributed by atoms with Crippen LogP contribution in [0.4, 0.5) is 0 Å². The van der Waals surface area contributed by atoms with Crippen molar-refractivity contribution in [2.75, 3.05) is 33.5 Å². The van der Waals surface area contributed by atoms with Crippen LogP contribution in [-0.2, 0) is 33.4 Å². The number of aliphatic carboxylic acids is 2. The largest absolute Gasteiger partial charge is 0.550 e. The molecule has 1 aliphatic heterocycles. The number of carbonyl (C=O) groups is 4. The number of esters is 2. The lowest BCUT2D eigenvalue weighted by atomic mass is 9.80. The van der Waals surface area contributed by atoms with Crippen LogP contribution in [0.25, 0.3) is 0 Å². The summed E-state index contributed by atoms with van der Waals surface area (Å²) in [4.78, 5) is 44.6. The van der Waals surface area contributed by atoms with Gasteiger partial charge in [0.1, 0.15) is 0 Å². The Morgan fingerprint density at radius 2 is 1.81 bits per heavy atom. The number of aliphatic hydroxyl groups is 1. The molecule has 1 heterocycles. The number of allylic oxidation sites excluding steroid dienone is 1. The average Bonchev–Trinajstić information content (AvgIpc) is 2.83. The first-order chi connectivity index (χ1) is 17.5. The van der Waals surface area contributed by atoms with E-state index in [0.717, 1.165) is 0 Å². The molecule has 0 saturated carbocycles. The summed E-state index contributed by atoms with van der Waals surface area (Å²) in [7, 11) is 1.29. The first kappa shape index (κ1) is 31.6. The molecule has 0 radical (unpaired) electrons. The molecule has 1 aromatic rings. The zero-order valence-corrected chi connectivity index (χ0v) is 21.3. The van der Waals surface area contributed by atoms with Gasteiger partial charge in [0.25, 0.3) is 0 Å². The lowest BCUT2D eigenvalue weighted by Gasteiger charge is -2.31. The van der Waals surface area contributed by atoms with Crippen molar-refractivity contribution in [2.45, 2.75) is 32.3 Å². The first-order valence-corrected chi connectivity index (χ1v) is 11.4. The van der Waals surface area contributed by atoms with Gasteiger partial charge in [0.2, 0.25) is 0 Å². The van der Waals surface area contributed by atoms with Crippen molar-refractivity contribution in [1.29, 1.82) is 0 Å². The molecule has 2 rings (SSSR count). The molecular weight excluding hydrogens is 512 g/mol. The highest BCUT2D eigenvalue weighted by molar-refractivity contribution is 6.31. The number of hydrogen-bond acceptors (Lipinski definition) is 12. The number of benzene rings is 1. The van der Waals surface area contributed by atoms with Crippen LogP contribution in [0, 0.1) is 0 Å². The molecule has 4 N–H and O–H groups in total. The van der Waals surface area contributed by atoms with Crippen LogP contribution in [0.5, 0.6) is 0 Å². The molecule has 0 saturated heterocycles. The van der Waals surface area contributed by atoms with E-state index in [-0.39, 0.29) is 18.8 Å². The molecule has 2 atom stereocenters. The number of methoxy groups -OCH3 is 1. The molecule has 204 valence electrons. The van der Waals surface area contributed by atoms with E-state index < -0.39 is 42.3 Å². The van der Waals surface area contributed by atoms with Crippen molar-refractivity contribution >= 4 is 35.5 Å². The molecule has 0 bridgehead atoms. The summed E-state index contributed by atoms with van der Waals surface area (Å²) < 4.78 is 15.8. The third-order valence-corrected chi connectivity index (χ3v) is 5.25. The van der Waals surface area contributed by atoms with Crippen molar-refractivity contribution in [1.82, 2.24) is 5.32 Å². The van der Waals surface area contributed by atoms with E-state index >= 15 is 0 Å². The third kappa shape index (κ3) is 9.17. The van der Waals surface area contributed by atoms with Gasteiger partial charge in [-0.3, -0.25) is 0 Å². The van der Waals surface area contributed by atoms with Gasteiger partial charge in [0.05, 0.1) is 61.8 Å². The molecule has 1 aliphatic rings. The van der Waals surface area contributed by atoms with Crippen LogP contribution in [0.1, 0.15) is 31.7 Å². The van der Waals surface area contributed by atoms with Crippen LogP contribution in [0.3, 0.4) is 0 Å². The van der Waals surface area contributed by atoms with Crippen LogP contribution in [0.2, 0.25) is 5.02 Å². The predicted molar refractivity (Wildman–Crippen MR) is 126 cm³/mol. The average molecular weight is 541 g/mol. The Morgan fingerprint density at radius 3 is 2.30 bits per heavy atom. The summed E-state index contributed by atoms with van der Waals surface area (Å²) in [6, 6.07) is 7.05. The smallest absolute Gasteiger partial charge is 0.336 e. The molecule has 0 spiro atoms. The first-order valence-electron chi connectivity index (χ1n) is 11.1. The quantitative estimate of drug-likeness (QED) is 0.217. The lowest BCUT2D eigenvalue weighted by molar-refractivity contribution is -0.323. The minimum Gasteiger partial charge on any atom is -0.550 e. The maximum absolute atomic E-state index is 12.9. The van der Waals surface area contributed by atoms with Gasteiger partial charge in [-0.1, -0.05) is 29.8 Å². The Bertz CT molecular complexity index is 1050. The standard InChI is InChI=1S/C20H25ClN2O5.C4H6O5/c1-4-28-20(25)18-15(11-27-10-9-22)23-12(2)16(19(24)26-3)17(18)13-7-5-6-8-14(13)21;5-2(4(8)9)1-3(6)7/h5-8,17,23H,4,9-11,22H2,1-3H3;2,5H,1H2,(H,6,7)(H,8,9)/p-2/t;2-/m.0/s1. The highest BCUT2D eigenvalue weighted by Gasteiger charge is 2.39. The number of nitrogens with one attached hydrogen (secondary N) is 1. The van der Waals surface area contributed by atoms with Gasteiger partial charge < -0.3 is 50.2 Å². The predicted octanol–water partition coefficient (Wildman–Crippen LogP) is -1.50. The van der Waals surface area contributed by atoms with Crippen LogP contribution < -0.4 is 21.3 Å². The van der Waals surface area contributed by atoms with Gasteiger partial charge in [-0.25, -0.2) is 9.59 Å². The van der Waals surface area contributed by atoms with Crippen molar-refractivity contribution in [3.05, 3.63) is 57.4 Å². The summed E-state index contributed by atoms with van der Waals surface area (Å²) in [5.41, 5.74) is 7.70. The van der Waals surface area contributed by atoms with E-state index in [0.29, 0.717) is 40.7 Å². The summed E-state index contributed by atoms with van der Waals surface area (Å²) in [6.45, 7) is 4.42. The number of carboxylic acid groups (broad SMARTS) is 2. The number of aliphatic hydroxyl groups excluding tert-OH is 1. The van der Waals surface area contributed by atoms with Gasteiger partial charge in [0, 0.05) is 29.7 Å². The molecule has 13 heteroatoms. The lowest BCUT2D eigenvalue weighted by Crippen LogP contribution is -2.39.